The van der Waals surface area contributed by atoms with Gasteiger partial charge in [-0.3, -0.25) is 9.58 Å². The van der Waals surface area contributed by atoms with Crippen molar-refractivity contribution in [2.45, 2.75) is 26.3 Å². The van der Waals surface area contributed by atoms with Crippen molar-refractivity contribution in [2.24, 2.45) is 12.8 Å². The van der Waals surface area contributed by atoms with Gasteiger partial charge in [0.15, 0.2) is 0 Å². The van der Waals surface area contributed by atoms with Crippen LogP contribution in [0, 0.1) is 0 Å². The first-order valence-corrected chi connectivity index (χ1v) is 5.54. The number of aromatic nitrogens is 3. The first-order chi connectivity index (χ1) is 7.26. The van der Waals surface area contributed by atoms with E-state index in [9.17, 15) is 0 Å². The van der Waals surface area contributed by atoms with E-state index >= 15 is 0 Å². The lowest BCUT2D eigenvalue weighted by atomic mass is 10.3. The number of hydrogen-bond donors (Lipinski definition) is 1. The Morgan fingerprint density at radius 2 is 2.27 bits per heavy atom. The van der Waals surface area contributed by atoms with Crippen molar-refractivity contribution in [3.8, 4) is 0 Å². The zero-order valence-corrected chi connectivity index (χ0v) is 9.69. The van der Waals surface area contributed by atoms with Crippen molar-refractivity contribution in [3.05, 3.63) is 11.9 Å². The minimum absolute atomic E-state index is 0.751. The highest BCUT2D eigenvalue weighted by atomic mass is 15.4. The maximum absolute atomic E-state index is 5.51. The summed E-state index contributed by atoms with van der Waals surface area (Å²) in [7, 11) is 1.89. The van der Waals surface area contributed by atoms with Crippen LogP contribution < -0.4 is 5.73 Å². The van der Waals surface area contributed by atoms with E-state index in [1.54, 1.807) is 4.68 Å². The van der Waals surface area contributed by atoms with E-state index in [1.165, 1.54) is 0 Å². The highest BCUT2D eigenvalue weighted by molar-refractivity contribution is 4.91. The van der Waals surface area contributed by atoms with Crippen molar-refractivity contribution < 1.29 is 0 Å². The molecule has 1 heterocycles. The molecule has 1 aromatic rings. The first-order valence-electron chi connectivity index (χ1n) is 5.54. The highest BCUT2D eigenvalue weighted by Gasteiger charge is 2.06. The predicted octanol–water partition coefficient (Wildman–Crippen LogP) is 0.376. The standard InChI is InChI=1S/C10H21N5/c1-3-6-15(7-4-5-11)9-10-8-14(2)13-12-10/h8H,3-7,9,11H2,1-2H3. The molecule has 0 radical (unpaired) electrons. The Balaban J connectivity index is 2.42. The second-order valence-corrected chi connectivity index (χ2v) is 3.80. The monoisotopic (exact) mass is 211 g/mol. The van der Waals surface area contributed by atoms with Gasteiger partial charge in [-0.2, -0.15) is 0 Å². The summed E-state index contributed by atoms with van der Waals surface area (Å²) < 4.78 is 1.74. The predicted molar refractivity (Wildman–Crippen MR) is 60.2 cm³/mol. The summed E-state index contributed by atoms with van der Waals surface area (Å²) in [5, 5.41) is 8.01. The van der Waals surface area contributed by atoms with Crippen LogP contribution in [0.4, 0.5) is 0 Å². The van der Waals surface area contributed by atoms with E-state index in [-0.39, 0.29) is 0 Å². The van der Waals surface area contributed by atoms with Crippen molar-refractivity contribution in [1.82, 2.24) is 19.9 Å². The molecule has 0 aliphatic rings. The van der Waals surface area contributed by atoms with Crippen LogP contribution in [0.5, 0.6) is 0 Å². The molecule has 0 fully saturated rings. The minimum Gasteiger partial charge on any atom is -0.330 e. The number of hydrogen-bond acceptors (Lipinski definition) is 4. The largest absolute Gasteiger partial charge is 0.330 e. The fourth-order valence-corrected chi connectivity index (χ4v) is 1.60. The molecule has 0 atom stereocenters. The van der Waals surface area contributed by atoms with Gasteiger partial charge in [0.1, 0.15) is 0 Å². The zero-order valence-electron chi connectivity index (χ0n) is 9.69. The number of nitrogens with two attached hydrogens (primary N) is 1. The molecular weight excluding hydrogens is 190 g/mol. The van der Waals surface area contributed by atoms with Gasteiger partial charge in [0, 0.05) is 19.8 Å². The average Bonchev–Trinajstić information content (AvgIpc) is 2.61. The van der Waals surface area contributed by atoms with E-state index in [1.807, 2.05) is 13.2 Å². The van der Waals surface area contributed by atoms with Gasteiger partial charge in [-0.15, -0.1) is 5.10 Å². The van der Waals surface area contributed by atoms with Gasteiger partial charge < -0.3 is 5.73 Å². The smallest absolute Gasteiger partial charge is 0.0966 e. The Morgan fingerprint density at radius 1 is 1.47 bits per heavy atom. The van der Waals surface area contributed by atoms with Crippen LogP contribution in [-0.4, -0.2) is 39.5 Å². The molecule has 1 aromatic heterocycles. The second-order valence-electron chi connectivity index (χ2n) is 3.80. The topological polar surface area (TPSA) is 60.0 Å². The van der Waals surface area contributed by atoms with Crippen molar-refractivity contribution in [2.75, 3.05) is 19.6 Å². The summed E-state index contributed by atoms with van der Waals surface area (Å²) >= 11 is 0. The summed E-state index contributed by atoms with van der Waals surface area (Å²) in [6.45, 7) is 5.95. The van der Waals surface area contributed by atoms with E-state index < -0.39 is 0 Å². The molecule has 15 heavy (non-hydrogen) atoms. The van der Waals surface area contributed by atoms with Crippen LogP contribution in [0.15, 0.2) is 6.20 Å². The molecule has 0 spiro atoms. The van der Waals surface area contributed by atoms with Gasteiger partial charge >= 0.3 is 0 Å². The molecule has 0 unspecified atom stereocenters. The van der Waals surface area contributed by atoms with Crippen molar-refractivity contribution in [3.63, 3.8) is 0 Å². The Morgan fingerprint density at radius 3 is 2.80 bits per heavy atom. The Kier molecular flexibility index (Phi) is 5.28. The summed E-state index contributed by atoms with van der Waals surface area (Å²) in [5.74, 6) is 0. The van der Waals surface area contributed by atoms with Gasteiger partial charge in [0.2, 0.25) is 0 Å². The van der Waals surface area contributed by atoms with Crippen LogP contribution in [-0.2, 0) is 13.6 Å². The Hall–Kier alpha value is -0.940. The van der Waals surface area contributed by atoms with Crippen LogP contribution in [0.2, 0.25) is 0 Å². The molecule has 0 aliphatic carbocycles. The van der Waals surface area contributed by atoms with Crippen molar-refractivity contribution in [1.29, 1.82) is 0 Å². The fraction of sp³-hybridized carbons (Fsp3) is 0.800. The molecule has 0 saturated heterocycles. The first kappa shape index (κ1) is 12.1. The molecule has 5 heteroatoms. The van der Waals surface area contributed by atoms with Crippen LogP contribution >= 0.6 is 0 Å². The number of nitrogens with zero attached hydrogens (tertiary/aromatic N) is 4. The van der Waals surface area contributed by atoms with Crippen LogP contribution in [0.3, 0.4) is 0 Å². The lowest BCUT2D eigenvalue weighted by Crippen LogP contribution is -2.27. The van der Waals surface area contributed by atoms with E-state index in [0.717, 1.165) is 44.7 Å². The van der Waals surface area contributed by atoms with Gasteiger partial charge in [-0.1, -0.05) is 12.1 Å². The Labute approximate surface area is 91.2 Å². The summed E-state index contributed by atoms with van der Waals surface area (Å²) in [6.07, 6.45) is 4.16. The molecule has 86 valence electrons. The highest BCUT2D eigenvalue weighted by Crippen LogP contribution is 2.01. The molecule has 2 N–H and O–H groups in total. The maximum Gasteiger partial charge on any atom is 0.0966 e. The Bertz CT molecular complexity index is 271. The van der Waals surface area contributed by atoms with E-state index in [0.29, 0.717) is 0 Å². The molecule has 0 bridgehead atoms. The van der Waals surface area contributed by atoms with E-state index in [4.69, 9.17) is 5.73 Å². The third-order valence-electron chi connectivity index (χ3n) is 2.25. The normalized spacial score (nSPS) is 11.2. The molecule has 0 amide bonds. The summed E-state index contributed by atoms with van der Waals surface area (Å²) in [6, 6.07) is 0. The van der Waals surface area contributed by atoms with Gasteiger partial charge in [-0.05, 0) is 32.5 Å². The third-order valence-corrected chi connectivity index (χ3v) is 2.25. The fourth-order valence-electron chi connectivity index (χ4n) is 1.60. The molecule has 0 aliphatic heterocycles. The molecular formula is C10H21N5. The van der Waals surface area contributed by atoms with Crippen LogP contribution in [0.25, 0.3) is 0 Å². The molecule has 0 aromatic carbocycles. The SMILES string of the molecule is CCCN(CCCN)Cc1cn(C)nn1. The average molecular weight is 211 g/mol. The quantitative estimate of drug-likeness (QED) is 0.708. The second kappa shape index (κ2) is 6.53. The summed E-state index contributed by atoms with van der Waals surface area (Å²) in [4.78, 5) is 2.37. The number of aryl methyl sites for hydroxylation is 1. The molecule has 1 rings (SSSR count). The van der Waals surface area contributed by atoms with Crippen molar-refractivity contribution >= 4 is 0 Å². The molecule has 0 saturated carbocycles. The lowest BCUT2D eigenvalue weighted by Gasteiger charge is -2.19. The van der Waals surface area contributed by atoms with E-state index in [2.05, 4.69) is 22.1 Å². The maximum atomic E-state index is 5.51. The van der Waals surface area contributed by atoms with Gasteiger partial charge in [0.05, 0.1) is 5.69 Å². The number of rotatable bonds is 7. The minimum atomic E-state index is 0.751. The lowest BCUT2D eigenvalue weighted by molar-refractivity contribution is 0.261. The third kappa shape index (κ3) is 4.40. The molecule has 5 nitrogen and oxygen atoms in total. The van der Waals surface area contributed by atoms with Crippen LogP contribution in [0.1, 0.15) is 25.5 Å². The van der Waals surface area contributed by atoms with Gasteiger partial charge in [0.25, 0.3) is 0 Å². The zero-order chi connectivity index (χ0) is 11.1. The summed E-state index contributed by atoms with van der Waals surface area (Å²) in [5.41, 5.74) is 6.54. The van der Waals surface area contributed by atoms with Gasteiger partial charge in [-0.25, -0.2) is 0 Å².